The van der Waals surface area contributed by atoms with Gasteiger partial charge in [0.1, 0.15) is 0 Å². The van der Waals surface area contributed by atoms with Gasteiger partial charge in [0.25, 0.3) is 0 Å². The average molecular weight is 206 g/mol. The lowest BCUT2D eigenvalue weighted by atomic mass is 10.3. The fourth-order valence-corrected chi connectivity index (χ4v) is 1.56. The summed E-state index contributed by atoms with van der Waals surface area (Å²) in [4.78, 5) is 0. The Hall–Kier alpha value is -0.740. The van der Waals surface area contributed by atoms with Crippen LogP contribution in [0.5, 0.6) is 0 Å². The second kappa shape index (κ2) is 3.33. The predicted octanol–water partition coefficient (Wildman–Crippen LogP) is 1.71. The van der Waals surface area contributed by atoms with Gasteiger partial charge >= 0.3 is 0 Å². The molecule has 1 aromatic rings. The van der Waals surface area contributed by atoms with Gasteiger partial charge in [0.05, 0.1) is 17.0 Å². The molecule has 0 aliphatic heterocycles. The molecule has 0 aliphatic rings. The summed E-state index contributed by atoms with van der Waals surface area (Å²) in [6, 6.07) is 6.66. The number of hydrogen-bond acceptors (Lipinski definition) is 2. The molecule has 0 radical (unpaired) electrons. The van der Waals surface area contributed by atoms with Gasteiger partial charge in [0.15, 0.2) is 0 Å². The minimum absolute atomic E-state index is 0.392. The van der Waals surface area contributed by atoms with Gasteiger partial charge in [0, 0.05) is 0 Å². The molecule has 0 fully saturated rings. The summed E-state index contributed by atoms with van der Waals surface area (Å²) in [5.74, 6) is 0. The number of sulfonamides is 1. The van der Waals surface area contributed by atoms with Crippen molar-refractivity contribution in [3.05, 3.63) is 29.3 Å². The fourth-order valence-electron chi connectivity index (χ4n) is 0.744. The Morgan fingerprint density at radius 2 is 1.92 bits per heavy atom. The van der Waals surface area contributed by atoms with Gasteiger partial charge in [-0.05, 0) is 12.1 Å². The van der Waals surface area contributed by atoms with Gasteiger partial charge in [-0.15, -0.1) is 0 Å². The highest BCUT2D eigenvalue weighted by Crippen LogP contribution is 2.20. The fraction of sp³-hybridized carbons (Fsp3) is 0.143. The molecule has 0 aromatic heterocycles. The van der Waals surface area contributed by atoms with E-state index < -0.39 is 10.0 Å². The van der Waals surface area contributed by atoms with Crippen LogP contribution in [-0.4, -0.2) is 14.7 Å². The van der Waals surface area contributed by atoms with Gasteiger partial charge in [-0.2, -0.15) is 0 Å². The van der Waals surface area contributed by atoms with Crippen LogP contribution in [0, 0.1) is 0 Å². The lowest BCUT2D eigenvalue weighted by Gasteiger charge is -2.04. The molecule has 3 nitrogen and oxygen atoms in total. The van der Waals surface area contributed by atoms with Crippen molar-refractivity contribution in [1.29, 1.82) is 0 Å². The standard InChI is InChI=1S/C7H8ClNO2S/c1-12(10,11)9-7-5-3-2-4-6(7)8/h2-5,9H,1H3. The van der Waals surface area contributed by atoms with Crippen LogP contribution in [0.3, 0.4) is 0 Å². The number of hydrogen-bond donors (Lipinski definition) is 1. The first kappa shape index (κ1) is 9.35. The van der Waals surface area contributed by atoms with Crippen LogP contribution >= 0.6 is 11.6 Å². The minimum atomic E-state index is -3.23. The van der Waals surface area contributed by atoms with Crippen molar-refractivity contribution in [1.82, 2.24) is 0 Å². The highest BCUT2D eigenvalue weighted by Gasteiger charge is 2.03. The van der Waals surface area contributed by atoms with E-state index in [2.05, 4.69) is 4.72 Å². The Kier molecular flexibility index (Phi) is 2.59. The number of anilines is 1. The third-order valence-electron chi connectivity index (χ3n) is 1.17. The summed E-state index contributed by atoms with van der Waals surface area (Å²) in [5, 5.41) is 0.392. The summed E-state index contributed by atoms with van der Waals surface area (Å²) < 4.78 is 23.9. The second-order valence-corrected chi connectivity index (χ2v) is 4.51. The predicted molar refractivity (Wildman–Crippen MR) is 49.9 cm³/mol. The van der Waals surface area contributed by atoms with E-state index in [4.69, 9.17) is 11.6 Å². The smallest absolute Gasteiger partial charge is 0.229 e. The van der Waals surface area contributed by atoms with Gasteiger partial charge in [0.2, 0.25) is 10.0 Å². The molecular weight excluding hydrogens is 198 g/mol. The molecule has 1 N–H and O–H groups in total. The number of nitrogens with one attached hydrogen (secondary N) is 1. The summed E-state index contributed by atoms with van der Waals surface area (Å²) in [6.07, 6.45) is 1.08. The van der Waals surface area contributed by atoms with Crippen molar-refractivity contribution in [3.63, 3.8) is 0 Å². The summed E-state index contributed by atoms with van der Waals surface area (Å²) in [7, 11) is -3.23. The van der Waals surface area contributed by atoms with Crippen molar-refractivity contribution < 1.29 is 8.42 Å². The van der Waals surface area contributed by atoms with Crippen molar-refractivity contribution in [3.8, 4) is 0 Å². The Labute approximate surface area is 76.4 Å². The lowest BCUT2D eigenvalue weighted by Crippen LogP contribution is -2.09. The number of halogens is 1. The van der Waals surface area contributed by atoms with Gasteiger partial charge in [-0.25, -0.2) is 8.42 Å². The number of para-hydroxylation sites is 1. The highest BCUT2D eigenvalue weighted by molar-refractivity contribution is 7.92. The largest absolute Gasteiger partial charge is 0.282 e. The topological polar surface area (TPSA) is 46.2 Å². The number of benzene rings is 1. The Morgan fingerprint density at radius 3 is 2.42 bits per heavy atom. The second-order valence-electron chi connectivity index (χ2n) is 2.35. The summed E-state index contributed by atoms with van der Waals surface area (Å²) in [5.41, 5.74) is 0.404. The SMILES string of the molecule is CS(=O)(=O)Nc1ccccc1Cl. The zero-order chi connectivity index (χ0) is 9.19. The molecule has 0 bridgehead atoms. The zero-order valence-corrected chi connectivity index (χ0v) is 7.98. The van der Waals surface area contributed by atoms with Crippen molar-refractivity contribution in [2.75, 3.05) is 11.0 Å². The molecule has 12 heavy (non-hydrogen) atoms. The highest BCUT2D eigenvalue weighted by atomic mass is 35.5. The molecule has 0 amide bonds. The van der Waals surface area contributed by atoms with E-state index in [1.165, 1.54) is 0 Å². The maximum absolute atomic E-state index is 10.8. The van der Waals surface area contributed by atoms with Crippen LogP contribution in [0.15, 0.2) is 24.3 Å². The molecule has 0 saturated heterocycles. The van der Waals surface area contributed by atoms with E-state index in [-0.39, 0.29) is 0 Å². The first-order chi connectivity index (χ1) is 5.49. The van der Waals surface area contributed by atoms with E-state index in [1.807, 2.05) is 0 Å². The Balaban J connectivity index is 2.98. The van der Waals surface area contributed by atoms with Crippen LogP contribution in [0.2, 0.25) is 5.02 Å². The molecule has 0 heterocycles. The van der Waals surface area contributed by atoms with Crippen LogP contribution in [0.4, 0.5) is 5.69 Å². The monoisotopic (exact) mass is 205 g/mol. The molecule has 1 rings (SSSR count). The molecule has 66 valence electrons. The van der Waals surface area contributed by atoms with Crippen LogP contribution in [0.25, 0.3) is 0 Å². The first-order valence-electron chi connectivity index (χ1n) is 3.21. The summed E-state index contributed by atoms with van der Waals surface area (Å²) >= 11 is 5.70. The zero-order valence-electron chi connectivity index (χ0n) is 6.41. The van der Waals surface area contributed by atoms with Crippen molar-refractivity contribution in [2.45, 2.75) is 0 Å². The Morgan fingerprint density at radius 1 is 1.33 bits per heavy atom. The third-order valence-corrected chi connectivity index (χ3v) is 2.09. The number of rotatable bonds is 2. The normalized spacial score (nSPS) is 11.2. The van der Waals surface area contributed by atoms with Crippen molar-refractivity contribution in [2.24, 2.45) is 0 Å². The Bertz CT molecular complexity index is 375. The van der Waals surface area contributed by atoms with Gasteiger partial charge in [-0.3, -0.25) is 4.72 Å². The quantitative estimate of drug-likeness (QED) is 0.799. The summed E-state index contributed by atoms with van der Waals surface area (Å²) in [6.45, 7) is 0. The van der Waals surface area contributed by atoms with E-state index in [1.54, 1.807) is 24.3 Å². The van der Waals surface area contributed by atoms with Crippen LogP contribution < -0.4 is 4.72 Å². The third kappa shape index (κ3) is 2.71. The molecule has 0 saturated carbocycles. The molecule has 0 atom stereocenters. The molecule has 0 spiro atoms. The maximum atomic E-state index is 10.8. The molecular formula is C7H8ClNO2S. The molecule has 5 heteroatoms. The van der Waals surface area contributed by atoms with Crippen molar-refractivity contribution >= 4 is 27.3 Å². The van der Waals surface area contributed by atoms with E-state index >= 15 is 0 Å². The minimum Gasteiger partial charge on any atom is -0.282 e. The van der Waals surface area contributed by atoms with Crippen LogP contribution in [-0.2, 0) is 10.0 Å². The van der Waals surface area contributed by atoms with E-state index in [0.717, 1.165) is 6.26 Å². The van der Waals surface area contributed by atoms with Gasteiger partial charge < -0.3 is 0 Å². The molecule has 0 unspecified atom stereocenters. The van der Waals surface area contributed by atoms with E-state index in [9.17, 15) is 8.42 Å². The lowest BCUT2D eigenvalue weighted by molar-refractivity contribution is 0.607. The van der Waals surface area contributed by atoms with Gasteiger partial charge in [-0.1, -0.05) is 23.7 Å². The molecule has 0 aliphatic carbocycles. The maximum Gasteiger partial charge on any atom is 0.229 e. The average Bonchev–Trinajstić information content (AvgIpc) is 1.91. The van der Waals surface area contributed by atoms with Crippen LogP contribution in [0.1, 0.15) is 0 Å². The molecule has 1 aromatic carbocycles. The van der Waals surface area contributed by atoms with E-state index in [0.29, 0.717) is 10.7 Å². The first-order valence-corrected chi connectivity index (χ1v) is 5.48.